The monoisotopic (exact) mass is 294 g/mol. The number of nitrogens with one attached hydrogen (secondary N) is 1. The van der Waals surface area contributed by atoms with Crippen LogP contribution in [-0.4, -0.2) is 31.6 Å². The molecule has 0 saturated heterocycles. The lowest BCUT2D eigenvalue weighted by atomic mass is 10.2. The predicted octanol–water partition coefficient (Wildman–Crippen LogP) is 3.21. The van der Waals surface area contributed by atoms with Crippen LogP contribution >= 0.6 is 0 Å². The van der Waals surface area contributed by atoms with Gasteiger partial charge in [0.05, 0.1) is 0 Å². The van der Waals surface area contributed by atoms with Gasteiger partial charge in [-0.05, 0) is 36.4 Å². The van der Waals surface area contributed by atoms with Crippen LogP contribution in [0.15, 0.2) is 54.6 Å². The second-order valence-electron chi connectivity index (χ2n) is 4.81. The molecule has 1 N–H and O–H groups in total. The first kappa shape index (κ1) is 15.5. The zero-order valence-electron chi connectivity index (χ0n) is 12.7. The summed E-state index contributed by atoms with van der Waals surface area (Å²) in [6, 6.07) is 16.8. The summed E-state index contributed by atoms with van der Waals surface area (Å²) in [6.45, 7) is 0.318. The third-order valence-corrected chi connectivity index (χ3v) is 2.83. The summed E-state index contributed by atoms with van der Waals surface area (Å²) in [6.07, 6.45) is 0. The van der Waals surface area contributed by atoms with E-state index in [2.05, 4.69) is 17.2 Å². The summed E-state index contributed by atoms with van der Waals surface area (Å²) in [5, 5.41) is 2.76. The van der Waals surface area contributed by atoms with Crippen molar-refractivity contribution < 1.29 is 9.53 Å². The minimum atomic E-state index is -0.164. The standard InChI is InChI=1S/C18H18N2O2/c1-20(2)18(21)19-16-10-12-17(13-11-16)22-14-6-9-15-7-4-3-5-8-15/h3-5,7-8,10-13H,14H2,1-2H3,(H,19,21). The van der Waals surface area contributed by atoms with Crippen LogP contribution in [0.4, 0.5) is 10.5 Å². The van der Waals surface area contributed by atoms with Crippen LogP contribution in [0.1, 0.15) is 5.56 Å². The number of hydrogen-bond donors (Lipinski definition) is 1. The van der Waals surface area contributed by atoms with E-state index >= 15 is 0 Å². The lowest BCUT2D eigenvalue weighted by Gasteiger charge is -2.12. The minimum Gasteiger partial charge on any atom is -0.481 e. The maximum absolute atomic E-state index is 11.5. The van der Waals surface area contributed by atoms with E-state index < -0.39 is 0 Å². The van der Waals surface area contributed by atoms with E-state index in [4.69, 9.17) is 4.74 Å². The molecule has 0 unspecified atom stereocenters. The second-order valence-corrected chi connectivity index (χ2v) is 4.81. The number of nitrogens with zero attached hydrogens (tertiary/aromatic N) is 1. The summed E-state index contributed by atoms with van der Waals surface area (Å²) in [5.74, 6) is 6.70. The van der Waals surface area contributed by atoms with Gasteiger partial charge in [0.25, 0.3) is 0 Å². The molecule has 4 nitrogen and oxygen atoms in total. The van der Waals surface area contributed by atoms with E-state index in [-0.39, 0.29) is 6.03 Å². The minimum absolute atomic E-state index is 0.164. The highest BCUT2D eigenvalue weighted by molar-refractivity contribution is 5.88. The topological polar surface area (TPSA) is 41.6 Å². The molecule has 0 heterocycles. The molecule has 0 radical (unpaired) electrons. The number of carbonyl (C=O) groups excluding carboxylic acids is 1. The van der Waals surface area contributed by atoms with Crippen molar-refractivity contribution in [2.75, 3.05) is 26.0 Å². The van der Waals surface area contributed by atoms with Gasteiger partial charge in [-0.15, -0.1) is 0 Å². The Labute approximate surface area is 130 Å². The van der Waals surface area contributed by atoms with Crippen LogP contribution in [0.3, 0.4) is 0 Å². The largest absolute Gasteiger partial charge is 0.481 e. The second kappa shape index (κ2) is 7.75. The zero-order valence-corrected chi connectivity index (χ0v) is 12.7. The molecule has 2 aromatic carbocycles. The molecule has 22 heavy (non-hydrogen) atoms. The maximum atomic E-state index is 11.5. The van der Waals surface area contributed by atoms with Gasteiger partial charge in [0.2, 0.25) is 0 Å². The van der Waals surface area contributed by atoms with Gasteiger partial charge in [0.15, 0.2) is 0 Å². The lowest BCUT2D eigenvalue weighted by molar-refractivity contribution is 0.230. The first-order valence-electron chi connectivity index (χ1n) is 6.90. The van der Waals surface area contributed by atoms with Gasteiger partial charge in [-0.25, -0.2) is 4.79 Å². The summed E-state index contributed by atoms with van der Waals surface area (Å²) >= 11 is 0. The van der Waals surface area contributed by atoms with Crippen molar-refractivity contribution in [3.05, 3.63) is 60.2 Å². The summed E-state index contributed by atoms with van der Waals surface area (Å²) in [5.41, 5.74) is 1.69. The first-order valence-corrected chi connectivity index (χ1v) is 6.90. The van der Waals surface area contributed by atoms with Gasteiger partial charge in [0.1, 0.15) is 12.4 Å². The highest BCUT2D eigenvalue weighted by Gasteiger charge is 2.03. The molecule has 0 aliphatic carbocycles. The highest BCUT2D eigenvalue weighted by atomic mass is 16.5. The van der Waals surface area contributed by atoms with Gasteiger partial charge in [0, 0.05) is 25.3 Å². The van der Waals surface area contributed by atoms with E-state index in [1.165, 1.54) is 4.90 Å². The Bertz CT molecular complexity index is 668. The molecule has 0 saturated carbocycles. The molecule has 4 heteroatoms. The van der Waals surface area contributed by atoms with Gasteiger partial charge < -0.3 is 15.0 Å². The van der Waals surface area contributed by atoms with Crippen molar-refractivity contribution in [1.82, 2.24) is 4.90 Å². The Morgan fingerprint density at radius 1 is 1.09 bits per heavy atom. The molecule has 112 valence electrons. The fourth-order valence-corrected chi connectivity index (χ4v) is 1.65. The van der Waals surface area contributed by atoms with Gasteiger partial charge in [-0.1, -0.05) is 30.0 Å². The smallest absolute Gasteiger partial charge is 0.321 e. The van der Waals surface area contributed by atoms with E-state index in [0.29, 0.717) is 12.4 Å². The quantitative estimate of drug-likeness (QED) is 0.883. The molecular weight excluding hydrogens is 276 g/mol. The molecule has 0 spiro atoms. The lowest BCUT2D eigenvalue weighted by Crippen LogP contribution is -2.27. The number of hydrogen-bond acceptors (Lipinski definition) is 2. The van der Waals surface area contributed by atoms with E-state index in [9.17, 15) is 4.79 Å². The number of benzene rings is 2. The van der Waals surface area contributed by atoms with Crippen molar-refractivity contribution in [3.63, 3.8) is 0 Å². The van der Waals surface area contributed by atoms with E-state index in [1.54, 1.807) is 38.4 Å². The fourth-order valence-electron chi connectivity index (χ4n) is 1.65. The Morgan fingerprint density at radius 3 is 2.41 bits per heavy atom. The number of carbonyl (C=O) groups is 1. The van der Waals surface area contributed by atoms with Crippen molar-refractivity contribution in [1.29, 1.82) is 0 Å². The summed E-state index contributed by atoms with van der Waals surface area (Å²) in [7, 11) is 3.39. The highest BCUT2D eigenvalue weighted by Crippen LogP contribution is 2.15. The van der Waals surface area contributed by atoms with Crippen LogP contribution < -0.4 is 10.1 Å². The Morgan fingerprint density at radius 2 is 1.77 bits per heavy atom. The third kappa shape index (κ3) is 4.88. The summed E-state index contributed by atoms with van der Waals surface area (Å²) in [4.78, 5) is 13.0. The fraction of sp³-hybridized carbons (Fsp3) is 0.167. The maximum Gasteiger partial charge on any atom is 0.321 e. The number of amides is 2. The first-order chi connectivity index (χ1) is 10.6. The molecule has 2 amide bonds. The van der Waals surface area contributed by atoms with Crippen LogP contribution in [0, 0.1) is 11.8 Å². The van der Waals surface area contributed by atoms with E-state index in [1.807, 2.05) is 30.3 Å². The van der Waals surface area contributed by atoms with Crippen LogP contribution in [0.2, 0.25) is 0 Å². The third-order valence-electron chi connectivity index (χ3n) is 2.83. The Balaban J connectivity index is 1.84. The number of anilines is 1. The number of ether oxygens (including phenoxy) is 1. The molecule has 0 aromatic heterocycles. The predicted molar refractivity (Wildman–Crippen MR) is 88.0 cm³/mol. The molecule has 0 atom stereocenters. The molecule has 0 fully saturated rings. The molecule has 2 aromatic rings. The number of urea groups is 1. The zero-order chi connectivity index (χ0) is 15.8. The van der Waals surface area contributed by atoms with E-state index in [0.717, 1.165) is 11.3 Å². The van der Waals surface area contributed by atoms with Crippen LogP contribution in [-0.2, 0) is 0 Å². The molecule has 0 bridgehead atoms. The van der Waals surface area contributed by atoms with Crippen LogP contribution in [0.25, 0.3) is 0 Å². The Hall–Kier alpha value is -2.93. The Kier molecular flexibility index (Phi) is 5.44. The van der Waals surface area contributed by atoms with Crippen molar-refractivity contribution >= 4 is 11.7 Å². The number of rotatable bonds is 3. The van der Waals surface area contributed by atoms with Crippen LogP contribution in [0.5, 0.6) is 5.75 Å². The average Bonchev–Trinajstić information content (AvgIpc) is 2.54. The molecular formula is C18H18N2O2. The molecule has 0 aliphatic heterocycles. The normalized spacial score (nSPS) is 9.36. The molecule has 2 rings (SSSR count). The van der Waals surface area contributed by atoms with Crippen molar-refractivity contribution in [2.45, 2.75) is 0 Å². The SMILES string of the molecule is CN(C)C(=O)Nc1ccc(OCC#Cc2ccccc2)cc1. The average molecular weight is 294 g/mol. The molecule has 0 aliphatic rings. The van der Waals surface area contributed by atoms with Gasteiger partial charge in [-0.2, -0.15) is 0 Å². The van der Waals surface area contributed by atoms with Gasteiger partial charge >= 0.3 is 6.03 Å². The van der Waals surface area contributed by atoms with Crippen molar-refractivity contribution in [3.8, 4) is 17.6 Å². The summed E-state index contributed by atoms with van der Waals surface area (Å²) < 4.78 is 5.54. The van der Waals surface area contributed by atoms with Gasteiger partial charge in [-0.3, -0.25) is 0 Å². The van der Waals surface area contributed by atoms with Crippen molar-refractivity contribution in [2.24, 2.45) is 0 Å².